The minimum absolute atomic E-state index is 0.167. The summed E-state index contributed by atoms with van der Waals surface area (Å²) in [6.07, 6.45) is 4.54. The van der Waals surface area contributed by atoms with Gasteiger partial charge in [0.05, 0.1) is 0 Å². The van der Waals surface area contributed by atoms with Crippen molar-refractivity contribution >= 4 is 0 Å². The van der Waals surface area contributed by atoms with Crippen LogP contribution >= 0.6 is 0 Å². The van der Waals surface area contributed by atoms with Crippen LogP contribution in [0.15, 0.2) is 18.3 Å². The molecule has 1 aromatic heterocycles. The molecule has 1 aliphatic heterocycles. The predicted octanol–water partition coefficient (Wildman–Crippen LogP) is 2.62. The molecule has 1 fully saturated rings. The first kappa shape index (κ1) is 10.6. The maximum atomic E-state index is 4.41. The standard InChI is InChI=1S/C13H20N2/c1-10(2)13(7-4-8-15-13)12-6-5-11(3)14-9-12/h5-6,9-10,15H,4,7-8H2,1-3H3. The summed E-state index contributed by atoms with van der Waals surface area (Å²) < 4.78 is 0. The molecule has 0 saturated carbocycles. The number of aromatic nitrogens is 1. The van der Waals surface area contributed by atoms with Crippen LogP contribution in [0.4, 0.5) is 0 Å². The molecule has 0 aromatic carbocycles. The van der Waals surface area contributed by atoms with Crippen molar-refractivity contribution in [3.8, 4) is 0 Å². The van der Waals surface area contributed by atoms with Crippen LogP contribution in [0.1, 0.15) is 37.9 Å². The molecule has 0 amide bonds. The highest BCUT2D eigenvalue weighted by Gasteiger charge is 2.38. The van der Waals surface area contributed by atoms with E-state index in [9.17, 15) is 0 Å². The first-order valence-electron chi connectivity index (χ1n) is 5.83. The molecule has 15 heavy (non-hydrogen) atoms. The zero-order valence-electron chi connectivity index (χ0n) is 9.88. The van der Waals surface area contributed by atoms with E-state index in [1.165, 1.54) is 18.4 Å². The number of hydrogen-bond acceptors (Lipinski definition) is 2. The van der Waals surface area contributed by atoms with Gasteiger partial charge >= 0.3 is 0 Å². The van der Waals surface area contributed by atoms with Crippen molar-refractivity contribution in [1.29, 1.82) is 0 Å². The Kier molecular flexibility index (Phi) is 2.79. The lowest BCUT2D eigenvalue weighted by atomic mass is 9.79. The Balaban J connectivity index is 2.36. The summed E-state index contributed by atoms with van der Waals surface area (Å²) in [6.45, 7) is 7.75. The number of nitrogens with one attached hydrogen (secondary N) is 1. The minimum Gasteiger partial charge on any atom is -0.307 e. The highest BCUT2D eigenvalue weighted by molar-refractivity contribution is 5.25. The van der Waals surface area contributed by atoms with E-state index in [-0.39, 0.29) is 5.54 Å². The molecule has 0 aliphatic carbocycles. The van der Waals surface area contributed by atoms with Gasteiger partial charge in [0.15, 0.2) is 0 Å². The van der Waals surface area contributed by atoms with Crippen molar-refractivity contribution in [2.24, 2.45) is 5.92 Å². The average Bonchev–Trinajstić information content (AvgIpc) is 2.69. The van der Waals surface area contributed by atoms with Crippen LogP contribution in [0, 0.1) is 12.8 Å². The third kappa shape index (κ3) is 1.78. The molecule has 0 spiro atoms. The van der Waals surface area contributed by atoms with E-state index in [1.807, 2.05) is 13.1 Å². The van der Waals surface area contributed by atoms with E-state index in [2.05, 4.69) is 36.3 Å². The van der Waals surface area contributed by atoms with Crippen molar-refractivity contribution < 1.29 is 0 Å². The summed E-state index contributed by atoms with van der Waals surface area (Å²) in [4.78, 5) is 4.41. The van der Waals surface area contributed by atoms with Crippen LogP contribution < -0.4 is 5.32 Å². The molecule has 1 aromatic rings. The number of aryl methyl sites for hydroxylation is 1. The van der Waals surface area contributed by atoms with Gasteiger partial charge in [0.2, 0.25) is 0 Å². The maximum Gasteiger partial charge on any atom is 0.0473 e. The lowest BCUT2D eigenvalue weighted by Gasteiger charge is -2.34. The van der Waals surface area contributed by atoms with Crippen molar-refractivity contribution in [2.45, 2.75) is 39.2 Å². The molecule has 2 heterocycles. The largest absolute Gasteiger partial charge is 0.307 e. The van der Waals surface area contributed by atoms with Gasteiger partial charge in [0, 0.05) is 17.4 Å². The second-order valence-corrected chi connectivity index (χ2v) is 4.84. The minimum atomic E-state index is 0.167. The highest BCUT2D eigenvalue weighted by Crippen LogP contribution is 2.37. The molecule has 82 valence electrons. The summed E-state index contributed by atoms with van der Waals surface area (Å²) in [5.41, 5.74) is 2.61. The quantitative estimate of drug-likeness (QED) is 0.801. The molecule has 2 rings (SSSR count). The fourth-order valence-electron chi connectivity index (χ4n) is 2.57. The first-order chi connectivity index (χ1) is 7.15. The normalized spacial score (nSPS) is 26.1. The average molecular weight is 204 g/mol. The second-order valence-electron chi connectivity index (χ2n) is 4.84. The molecule has 1 unspecified atom stereocenters. The van der Waals surface area contributed by atoms with Crippen LogP contribution in [-0.4, -0.2) is 11.5 Å². The fourth-order valence-corrected chi connectivity index (χ4v) is 2.57. The zero-order valence-corrected chi connectivity index (χ0v) is 9.88. The SMILES string of the molecule is Cc1ccc(C2(C(C)C)CCCN2)cn1. The number of nitrogens with zero attached hydrogens (tertiary/aromatic N) is 1. The lowest BCUT2D eigenvalue weighted by molar-refractivity contribution is 0.276. The van der Waals surface area contributed by atoms with Gasteiger partial charge < -0.3 is 5.32 Å². The van der Waals surface area contributed by atoms with Gasteiger partial charge in [-0.25, -0.2) is 0 Å². The maximum absolute atomic E-state index is 4.41. The molecular formula is C13H20N2. The molecule has 0 bridgehead atoms. The topological polar surface area (TPSA) is 24.9 Å². The molecular weight excluding hydrogens is 184 g/mol. The molecule has 2 nitrogen and oxygen atoms in total. The van der Waals surface area contributed by atoms with Crippen LogP contribution in [0.2, 0.25) is 0 Å². The van der Waals surface area contributed by atoms with Crippen LogP contribution in [0.25, 0.3) is 0 Å². The fraction of sp³-hybridized carbons (Fsp3) is 0.615. The Labute approximate surface area is 92.1 Å². The van der Waals surface area contributed by atoms with Crippen molar-refractivity contribution in [3.05, 3.63) is 29.6 Å². The summed E-state index contributed by atoms with van der Waals surface area (Å²) in [5, 5.41) is 3.67. The lowest BCUT2D eigenvalue weighted by Crippen LogP contribution is -2.41. The van der Waals surface area contributed by atoms with Crippen LogP contribution in [0.5, 0.6) is 0 Å². The second kappa shape index (κ2) is 3.93. The summed E-state index contributed by atoms with van der Waals surface area (Å²) in [6, 6.07) is 4.33. The van der Waals surface area contributed by atoms with Gasteiger partial charge in [-0.1, -0.05) is 19.9 Å². The zero-order chi connectivity index (χ0) is 10.9. The smallest absolute Gasteiger partial charge is 0.0473 e. The third-order valence-corrected chi connectivity index (χ3v) is 3.60. The Morgan fingerprint density at radius 1 is 1.40 bits per heavy atom. The summed E-state index contributed by atoms with van der Waals surface area (Å²) in [5.74, 6) is 0.615. The molecule has 1 aliphatic rings. The van der Waals surface area contributed by atoms with Gasteiger partial charge in [0.1, 0.15) is 0 Å². The Hall–Kier alpha value is -0.890. The monoisotopic (exact) mass is 204 g/mol. The molecule has 2 heteroatoms. The predicted molar refractivity (Wildman–Crippen MR) is 62.7 cm³/mol. The third-order valence-electron chi connectivity index (χ3n) is 3.60. The van der Waals surface area contributed by atoms with Gasteiger partial charge in [0.25, 0.3) is 0 Å². The molecule has 1 atom stereocenters. The first-order valence-corrected chi connectivity index (χ1v) is 5.83. The van der Waals surface area contributed by atoms with E-state index in [0.717, 1.165) is 12.2 Å². The Morgan fingerprint density at radius 2 is 2.20 bits per heavy atom. The molecule has 1 saturated heterocycles. The van der Waals surface area contributed by atoms with E-state index in [1.54, 1.807) is 0 Å². The van der Waals surface area contributed by atoms with Crippen molar-refractivity contribution in [1.82, 2.24) is 10.3 Å². The van der Waals surface area contributed by atoms with Crippen LogP contribution in [-0.2, 0) is 5.54 Å². The van der Waals surface area contributed by atoms with Gasteiger partial charge in [-0.3, -0.25) is 4.98 Å². The summed E-state index contributed by atoms with van der Waals surface area (Å²) in [7, 11) is 0. The number of hydrogen-bond donors (Lipinski definition) is 1. The van der Waals surface area contributed by atoms with Crippen molar-refractivity contribution in [3.63, 3.8) is 0 Å². The molecule has 0 radical (unpaired) electrons. The van der Waals surface area contributed by atoms with E-state index in [4.69, 9.17) is 0 Å². The van der Waals surface area contributed by atoms with Crippen molar-refractivity contribution in [2.75, 3.05) is 6.54 Å². The molecule has 1 N–H and O–H groups in total. The summed E-state index contributed by atoms with van der Waals surface area (Å²) >= 11 is 0. The van der Waals surface area contributed by atoms with Gasteiger partial charge in [-0.15, -0.1) is 0 Å². The van der Waals surface area contributed by atoms with E-state index in [0.29, 0.717) is 5.92 Å². The Bertz CT molecular complexity index is 321. The highest BCUT2D eigenvalue weighted by atomic mass is 15.0. The van der Waals surface area contributed by atoms with Gasteiger partial charge in [-0.05, 0) is 43.9 Å². The number of rotatable bonds is 2. The van der Waals surface area contributed by atoms with Crippen LogP contribution in [0.3, 0.4) is 0 Å². The Morgan fingerprint density at radius 3 is 2.67 bits per heavy atom. The van der Waals surface area contributed by atoms with E-state index >= 15 is 0 Å². The van der Waals surface area contributed by atoms with Gasteiger partial charge in [-0.2, -0.15) is 0 Å². The number of pyridine rings is 1. The van der Waals surface area contributed by atoms with E-state index < -0.39 is 0 Å².